The van der Waals surface area contributed by atoms with Crippen molar-refractivity contribution in [1.29, 1.82) is 0 Å². The van der Waals surface area contributed by atoms with Crippen molar-refractivity contribution in [1.82, 2.24) is 4.98 Å². The molecule has 0 amide bonds. The molecule has 33 heavy (non-hydrogen) atoms. The number of fused-ring (bicyclic) bond motifs is 6. The largest absolute Gasteiger partial charge is 0.489 e. The highest BCUT2D eigenvalue weighted by molar-refractivity contribution is 8.00. The molecule has 2 aliphatic carbocycles. The topological polar surface area (TPSA) is 85.2 Å². The van der Waals surface area contributed by atoms with Gasteiger partial charge < -0.3 is 9.72 Å². The zero-order valence-corrected chi connectivity index (χ0v) is 19.8. The zero-order chi connectivity index (χ0) is 22.7. The molecule has 2 saturated carbocycles. The Morgan fingerprint density at radius 3 is 2.73 bits per heavy atom. The molecule has 0 spiro atoms. The molecule has 2 bridgehead atoms. The lowest BCUT2D eigenvalue weighted by Crippen LogP contribution is -2.33. The van der Waals surface area contributed by atoms with Gasteiger partial charge in [-0.2, -0.15) is 0 Å². The fourth-order valence-corrected chi connectivity index (χ4v) is 8.95. The van der Waals surface area contributed by atoms with Crippen LogP contribution in [0.2, 0.25) is 0 Å². The van der Waals surface area contributed by atoms with Gasteiger partial charge in [0.2, 0.25) is 0 Å². The molecule has 8 heteroatoms. The second-order valence-corrected chi connectivity index (χ2v) is 11.6. The first-order chi connectivity index (χ1) is 16.0. The maximum atomic E-state index is 12.3. The summed E-state index contributed by atoms with van der Waals surface area (Å²) in [6.07, 6.45) is 3.65. The third-order valence-corrected chi connectivity index (χ3v) is 10.1. The van der Waals surface area contributed by atoms with Gasteiger partial charge in [-0.05, 0) is 55.6 Å². The molecule has 2 heterocycles. The van der Waals surface area contributed by atoms with E-state index in [1.54, 1.807) is 12.1 Å². The van der Waals surface area contributed by atoms with E-state index in [1.165, 1.54) is 42.2 Å². The SMILES string of the molecule is Cc1ccc(COc2ccc([N+](=O)[O-])cc2[C@H]2c3sc(=O)[nH]c3S[C@H]3[C@H]4CC[C@H](C4)[C@H]23)cc1. The number of aromatic amines is 1. The Morgan fingerprint density at radius 1 is 1.15 bits per heavy atom. The van der Waals surface area contributed by atoms with Gasteiger partial charge >= 0.3 is 4.87 Å². The molecule has 0 radical (unpaired) electrons. The number of H-pyrrole nitrogens is 1. The van der Waals surface area contributed by atoms with E-state index in [1.807, 2.05) is 30.8 Å². The smallest absolute Gasteiger partial charge is 0.305 e. The zero-order valence-electron chi connectivity index (χ0n) is 18.2. The number of nitrogens with one attached hydrogen (secondary N) is 1. The van der Waals surface area contributed by atoms with Crippen molar-refractivity contribution < 1.29 is 9.66 Å². The lowest BCUT2D eigenvalue weighted by molar-refractivity contribution is -0.385. The quantitative estimate of drug-likeness (QED) is 0.364. The Labute approximate surface area is 199 Å². The van der Waals surface area contributed by atoms with Crippen molar-refractivity contribution >= 4 is 28.8 Å². The van der Waals surface area contributed by atoms with Gasteiger partial charge in [0, 0.05) is 33.7 Å². The van der Waals surface area contributed by atoms with Crippen molar-refractivity contribution in [2.75, 3.05) is 0 Å². The lowest BCUT2D eigenvalue weighted by atomic mass is 9.74. The average Bonchev–Trinajstić information content (AvgIpc) is 3.51. The van der Waals surface area contributed by atoms with Crippen LogP contribution in [0.15, 0.2) is 52.3 Å². The van der Waals surface area contributed by atoms with E-state index < -0.39 is 0 Å². The Bertz CT molecular complexity index is 1280. The van der Waals surface area contributed by atoms with Gasteiger partial charge in [-0.3, -0.25) is 14.9 Å². The fourth-order valence-electron chi connectivity index (χ4n) is 6.07. The minimum atomic E-state index is -0.344. The van der Waals surface area contributed by atoms with Crippen LogP contribution in [0, 0.1) is 34.8 Å². The van der Waals surface area contributed by atoms with Crippen LogP contribution in [-0.4, -0.2) is 15.2 Å². The number of hydrogen-bond donors (Lipinski definition) is 1. The number of thioether (sulfide) groups is 1. The van der Waals surface area contributed by atoms with Gasteiger partial charge in [0.05, 0.1) is 9.95 Å². The monoisotopic (exact) mass is 480 g/mol. The minimum absolute atomic E-state index is 0.0570. The number of hydrogen-bond acceptors (Lipinski definition) is 6. The van der Waals surface area contributed by atoms with Crippen molar-refractivity contribution in [2.24, 2.45) is 17.8 Å². The molecule has 2 aromatic carbocycles. The van der Waals surface area contributed by atoms with E-state index in [0.29, 0.717) is 35.4 Å². The third kappa shape index (κ3) is 3.60. The fraction of sp³-hybridized carbons (Fsp3) is 0.400. The van der Waals surface area contributed by atoms with Crippen molar-refractivity contribution in [3.8, 4) is 5.75 Å². The summed E-state index contributed by atoms with van der Waals surface area (Å²) in [4.78, 5) is 27.7. The van der Waals surface area contributed by atoms with E-state index in [-0.39, 0.29) is 21.4 Å². The summed E-state index contributed by atoms with van der Waals surface area (Å²) in [5.74, 6) is 2.23. The molecule has 0 saturated heterocycles. The Balaban J connectivity index is 1.44. The highest BCUT2D eigenvalue weighted by atomic mass is 32.2. The van der Waals surface area contributed by atoms with Crippen molar-refractivity contribution in [2.45, 2.75) is 49.0 Å². The summed E-state index contributed by atoms with van der Waals surface area (Å²) >= 11 is 3.07. The first-order valence-electron chi connectivity index (χ1n) is 11.3. The molecule has 6 nitrogen and oxygen atoms in total. The van der Waals surface area contributed by atoms with Gasteiger partial charge in [0.15, 0.2) is 0 Å². The minimum Gasteiger partial charge on any atom is -0.489 e. The van der Waals surface area contributed by atoms with Crippen LogP contribution in [0.5, 0.6) is 5.75 Å². The summed E-state index contributed by atoms with van der Waals surface area (Å²) < 4.78 is 6.29. The number of aromatic nitrogens is 1. The van der Waals surface area contributed by atoms with Crippen LogP contribution in [-0.2, 0) is 6.61 Å². The number of nitrogens with zero attached hydrogens (tertiary/aromatic N) is 1. The van der Waals surface area contributed by atoms with Crippen molar-refractivity contribution in [3.63, 3.8) is 0 Å². The lowest BCUT2D eigenvalue weighted by Gasteiger charge is -2.40. The number of thiazole rings is 1. The van der Waals surface area contributed by atoms with Crippen LogP contribution >= 0.6 is 23.1 Å². The van der Waals surface area contributed by atoms with Gasteiger partial charge in [0.1, 0.15) is 12.4 Å². The number of rotatable bonds is 5. The number of nitro groups is 1. The predicted molar refractivity (Wildman–Crippen MR) is 129 cm³/mol. The highest BCUT2D eigenvalue weighted by Gasteiger charge is 2.55. The van der Waals surface area contributed by atoms with E-state index in [9.17, 15) is 14.9 Å². The number of aryl methyl sites for hydroxylation is 1. The Morgan fingerprint density at radius 2 is 1.94 bits per heavy atom. The molecule has 1 N–H and O–H groups in total. The van der Waals surface area contributed by atoms with Crippen molar-refractivity contribution in [3.05, 3.63) is 83.8 Å². The van der Waals surface area contributed by atoms with E-state index in [4.69, 9.17) is 4.74 Å². The molecular formula is C25H24N2O4S2. The first-order valence-corrected chi connectivity index (χ1v) is 13.0. The highest BCUT2D eigenvalue weighted by Crippen LogP contribution is 2.64. The molecule has 2 fully saturated rings. The van der Waals surface area contributed by atoms with Crippen LogP contribution < -0.4 is 9.61 Å². The predicted octanol–water partition coefficient (Wildman–Crippen LogP) is 5.88. The maximum Gasteiger partial charge on any atom is 0.305 e. The molecule has 3 aliphatic rings. The molecule has 1 aliphatic heterocycles. The number of non-ortho nitro benzene ring substituents is 1. The van der Waals surface area contributed by atoms with Crippen LogP contribution in [0.25, 0.3) is 0 Å². The molecule has 6 rings (SSSR count). The summed E-state index contributed by atoms with van der Waals surface area (Å²) in [5.41, 5.74) is 3.14. The van der Waals surface area contributed by atoms with Crippen LogP contribution in [0.3, 0.4) is 0 Å². The van der Waals surface area contributed by atoms with Gasteiger partial charge in [-0.15, -0.1) is 11.8 Å². The van der Waals surface area contributed by atoms with Crippen LogP contribution in [0.1, 0.15) is 46.7 Å². The number of benzene rings is 2. The summed E-state index contributed by atoms with van der Waals surface area (Å²) in [6, 6.07) is 13.1. The first kappa shape index (κ1) is 21.0. The van der Waals surface area contributed by atoms with Crippen LogP contribution in [0.4, 0.5) is 5.69 Å². The van der Waals surface area contributed by atoms with Gasteiger partial charge in [-0.1, -0.05) is 41.2 Å². The van der Waals surface area contributed by atoms with E-state index in [0.717, 1.165) is 21.0 Å². The molecule has 3 aromatic rings. The molecule has 1 aromatic heterocycles. The van der Waals surface area contributed by atoms with Gasteiger partial charge in [0.25, 0.3) is 5.69 Å². The molecule has 5 atom stereocenters. The Hall–Kier alpha value is -2.58. The summed E-state index contributed by atoms with van der Waals surface area (Å²) in [7, 11) is 0. The Kier molecular flexibility index (Phi) is 5.10. The average molecular weight is 481 g/mol. The van der Waals surface area contributed by atoms with E-state index in [2.05, 4.69) is 17.1 Å². The number of ether oxygens (including phenoxy) is 1. The summed E-state index contributed by atoms with van der Waals surface area (Å²) in [6.45, 7) is 2.44. The van der Waals surface area contributed by atoms with Gasteiger partial charge in [-0.25, -0.2) is 0 Å². The van der Waals surface area contributed by atoms with E-state index >= 15 is 0 Å². The normalized spacial score (nSPS) is 27.2. The standard InChI is InChI=1S/C25H24N2O4S2/c1-13-2-4-14(5-3-13)12-31-19-9-8-17(27(29)30)11-18(19)21-20-15-6-7-16(10-15)22(20)32-24-23(21)33-25(28)26-24/h2-5,8-9,11,15-16,20-22H,6-7,10,12H2,1H3,(H,26,28)/t15-,16+,20-,21-,22+/m1/s1. The maximum absolute atomic E-state index is 12.3. The molecule has 0 unspecified atom stereocenters. The second kappa shape index (κ2) is 8.02. The second-order valence-electron chi connectivity index (χ2n) is 9.43. The number of nitro benzene ring substituents is 1. The molecule has 170 valence electrons. The third-order valence-electron chi connectivity index (χ3n) is 7.52. The molecular weight excluding hydrogens is 456 g/mol. The summed E-state index contributed by atoms with van der Waals surface area (Å²) in [5, 5.41) is 13.1.